The van der Waals surface area contributed by atoms with Gasteiger partial charge >= 0.3 is 0 Å². The SMILES string of the molecule is c1ccc(-c2ccc(N(c3ccccc3)c3cc(-c4nc(-c5ccccc5)nc(-c5ccccc5)n4)cc4oc5cc6ccccc6cc5c34)cc2)cc1. The molecule has 54 heavy (non-hydrogen) atoms. The molecular formula is C49H32N4O. The molecule has 0 saturated carbocycles. The van der Waals surface area contributed by atoms with Gasteiger partial charge in [-0.05, 0) is 70.4 Å². The lowest BCUT2D eigenvalue weighted by atomic mass is 10.0. The van der Waals surface area contributed by atoms with Crippen molar-refractivity contribution in [3.05, 3.63) is 194 Å². The molecular weight excluding hydrogens is 661 g/mol. The summed E-state index contributed by atoms with van der Waals surface area (Å²) in [5.74, 6) is 1.77. The van der Waals surface area contributed by atoms with Crippen LogP contribution in [0.3, 0.4) is 0 Å². The van der Waals surface area contributed by atoms with Gasteiger partial charge in [0.1, 0.15) is 11.2 Å². The Balaban J connectivity index is 1.25. The number of hydrogen-bond donors (Lipinski definition) is 0. The highest BCUT2D eigenvalue weighted by Gasteiger charge is 2.23. The van der Waals surface area contributed by atoms with Crippen LogP contribution < -0.4 is 4.90 Å². The van der Waals surface area contributed by atoms with Crippen molar-refractivity contribution in [1.29, 1.82) is 0 Å². The molecule has 0 amide bonds. The lowest BCUT2D eigenvalue weighted by Gasteiger charge is -2.27. The zero-order chi connectivity index (χ0) is 35.8. The van der Waals surface area contributed by atoms with Crippen molar-refractivity contribution in [3.63, 3.8) is 0 Å². The molecule has 0 aliphatic rings. The molecule has 0 radical (unpaired) electrons. The summed E-state index contributed by atoms with van der Waals surface area (Å²) in [5, 5.41) is 4.33. The minimum Gasteiger partial charge on any atom is -0.456 e. The van der Waals surface area contributed by atoms with Gasteiger partial charge in [-0.15, -0.1) is 0 Å². The standard InChI is InChI=1S/C49H32N4O/c1-5-15-33(16-6-1)34-25-27-41(28-26-34)53(40-23-11-4-12-24-40)43-30-39(32-45-46(43)42-29-37-21-13-14-22-38(37)31-44(42)54-45)49-51-47(35-17-7-2-8-18-35)50-48(52-49)36-19-9-3-10-20-36/h1-32H. The van der Waals surface area contributed by atoms with Crippen molar-refractivity contribution >= 4 is 49.8 Å². The molecule has 0 spiro atoms. The van der Waals surface area contributed by atoms with Gasteiger partial charge < -0.3 is 9.32 Å². The van der Waals surface area contributed by atoms with E-state index in [1.54, 1.807) is 0 Å². The highest BCUT2D eigenvalue weighted by molar-refractivity contribution is 6.17. The number of aromatic nitrogens is 3. The Morgan fingerprint density at radius 1 is 0.352 bits per heavy atom. The third kappa shape index (κ3) is 5.74. The Hall–Kier alpha value is -7.37. The van der Waals surface area contributed by atoms with E-state index in [-0.39, 0.29) is 0 Å². The minimum atomic E-state index is 0.559. The van der Waals surface area contributed by atoms with Crippen LogP contribution in [0.1, 0.15) is 0 Å². The summed E-state index contributed by atoms with van der Waals surface area (Å²) in [5.41, 5.74) is 9.53. The van der Waals surface area contributed by atoms with Gasteiger partial charge in [-0.1, -0.05) is 146 Å². The summed E-state index contributed by atoms with van der Waals surface area (Å²) < 4.78 is 6.79. The Morgan fingerprint density at radius 2 is 0.815 bits per heavy atom. The molecule has 0 bridgehead atoms. The lowest BCUT2D eigenvalue weighted by molar-refractivity contribution is 0.669. The Labute approximate surface area is 312 Å². The van der Waals surface area contributed by atoms with E-state index in [1.807, 2.05) is 72.8 Å². The van der Waals surface area contributed by atoms with Crippen molar-refractivity contribution in [2.45, 2.75) is 0 Å². The predicted molar refractivity (Wildman–Crippen MR) is 221 cm³/mol. The molecule has 5 heteroatoms. The molecule has 8 aromatic carbocycles. The first-order valence-electron chi connectivity index (χ1n) is 18.0. The van der Waals surface area contributed by atoms with Crippen LogP contribution >= 0.6 is 0 Å². The largest absolute Gasteiger partial charge is 0.456 e. The van der Waals surface area contributed by atoms with Gasteiger partial charge in [-0.25, -0.2) is 15.0 Å². The van der Waals surface area contributed by atoms with Crippen molar-refractivity contribution in [1.82, 2.24) is 15.0 Å². The zero-order valence-corrected chi connectivity index (χ0v) is 29.2. The summed E-state index contributed by atoms with van der Waals surface area (Å²) in [6.07, 6.45) is 0. The maximum atomic E-state index is 6.79. The van der Waals surface area contributed by atoms with E-state index in [2.05, 4.69) is 126 Å². The monoisotopic (exact) mass is 692 g/mol. The van der Waals surface area contributed by atoms with Gasteiger partial charge in [0.05, 0.1) is 11.1 Å². The minimum absolute atomic E-state index is 0.559. The first kappa shape index (κ1) is 31.4. The van der Waals surface area contributed by atoms with Gasteiger partial charge in [-0.3, -0.25) is 0 Å². The first-order chi connectivity index (χ1) is 26.7. The quantitative estimate of drug-likeness (QED) is 0.166. The number of hydrogen-bond acceptors (Lipinski definition) is 5. The Kier molecular flexibility index (Phi) is 7.73. The van der Waals surface area contributed by atoms with Crippen molar-refractivity contribution in [3.8, 4) is 45.3 Å². The fourth-order valence-electron chi connectivity index (χ4n) is 7.25. The van der Waals surface area contributed by atoms with Crippen LogP contribution in [0.25, 0.3) is 78.0 Å². The highest BCUT2D eigenvalue weighted by Crippen LogP contribution is 2.46. The number of furan rings is 1. The van der Waals surface area contributed by atoms with E-state index in [4.69, 9.17) is 19.4 Å². The second-order valence-corrected chi connectivity index (χ2v) is 13.3. The fourth-order valence-corrected chi connectivity index (χ4v) is 7.25. The molecule has 0 atom stereocenters. The van der Waals surface area contributed by atoms with Gasteiger partial charge in [0.15, 0.2) is 17.5 Å². The summed E-state index contributed by atoms with van der Waals surface area (Å²) >= 11 is 0. The maximum Gasteiger partial charge on any atom is 0.164 e. The average Bonchev–Trinajstić information content (AvgIpc) is 3.61. The summed E-state index contributed by atoms with van der Waals surface area (Å²) in [7, 11) is 0. The van der Waals surface area contributed by atoms with Crippen LogP contribution in [0.15, 0.2) is 199 Å². The third-order valence-corrected chi connectivity index (χ3v) is 9.86. The van der Waals surface area contributed by atoms with E-state index in [1.165, 1.54) is 5.56 Å². The first-order valence-corrected chi connectivity index (χ1v) is 18.0. The van der Waals surface area contributed by atoms with E-state index < -0.39 is 0 Å². The maximum absolute atomic E-state index is 6.79. The molecule has 0 fully saturated rings. The van der Waals surface area contributed by atoms with Crippen LogP contribution in [0.4, 0.5) is 17.1 Å². The van der Waals surface area contributed by atoms with Crippen molar-refractivity contribution < 1.29 is 4.42 Å². The molecule has 0 N–H and O–H groups in total. The molecule has 10 rings (SSSR count). The second-order valence-electron chi connectivity index (χ2n) is 13.3. The molecule has 0 aliphatic heterocycles. The van der Waals surface area contributed by atoms with Gasteiger partial charge in [0.2, 0.25) is 0 Å². The van der Waals surface area contributed by atoms with Crippen molar-refractivity contribution in [2.75, 3.05) is 4.90 Å². The number of benzene rings is 8. The molecule has 2 aromatic heterocycles. The number of rotatable bonds is 7. The summed E-state index contributed by atoms with van der Waals surface area (Å²) in [6.45, 7) is 0. The molecule has 254 valence electrons. The van der Waals surface area contributed by atoms with Crippen LogP contribution in [0, 0.1) is 0 Å². The normalized spacial score (nSPS) is 11.3. The predicted octanol–water partition coefficient (Wildman–Crippen LogP) is 13.1. The highest BCUT2D eigenvalue weighted by atomic mass is 16.3. The topological polar surface area (TPSA) is 55.1 Å². The van der Waals surface area contributed by atoms with Crippen LogP contribution in [0.5, 0.6) is 0 Å². The third-order valence-electron chi connectivity index (χ3n) is 9.86. The van der Waals surface area contributed by atoms with Crippen LogP contribution in [-0.4, -0.2) is 15.0 Å². The van der Waals surface area contributed by atoms with Crippen molar-refractivity contribution in [2.24, 2.45) is 0 Å². The van der Waals surface area contributed by atoms with Gasteiger partial charge in [0.25, 0.3) is 0 Å². The molecule has 5 nitrogen and oxygen atoms in total. The molecule has 0 unspecified atom stereocenters. The molecule has 0 saturated heterocycles. The lowest BCUT2D eigenvalue weighted by Crippen LogP contribution is -2.10. The summed E-state index contributed by atoms with van der Waals surface area (Å²) in [4.78, 5) is 17.5. The molecule has 10 aromatic rings. The zero-order valence-electron chi connectivity index (χ0n) is 29.2. The Morgan fingerprint density at radius 3 is 1.41 bits per heavy atom. The number of nitrogens with zero attached hydrogens (tertiary/aromatic N) is 4. The van der Waals surface area contributed by atoms with Crippen LogP contribution in [-0.2, 0) is 0 Å². The smallest absolute Gasteiger partial charge is 0.164 e. The number of para-hydroxylation sites is 1. The van der Waals surface area contributed by atoms with E-state index >= 15 is 0 Å². The summed E-state index contributed by atoms with van der Waals surface area (Å²) in [6, 6.07) is 66.9. The van der Waals surface area contributed by atoms with E-state index in [0.717, 1.165) is 72.0 Å². The van der Waals surface area contributed by atoms with Crippen LogP contribution in [0.2, 0.25) is 0 Å². The van der Waals surface area contributed by atoms with E-state index in [0.29, 0.717) is 17.5 Å². The van der Waals surface area contributed by atoms with Gasteiger partial charge in [-0.2, -0.15) is 0 Å². The van der Waals surface area contributed by atoms with E-state index in [9.17, 15) is 0 Å². The average molecular weight is 693 g/mol. The fraction of sp³-hybridized carbons (Fsp3) is 0. The molecule has 2 heterocycles. The second kappa shape index (κ2) is 13.3. The Bertz CT molecular complexity index is 2850. The molecule has 0 aliphatic carbocycles. The number of anilines is 3. The van der Waals surface area contributed by atoms with Gasteiger partial charge in [0, 0.05) is 33.5 Å². The number of fused-ring (bicyclic) bond motifs is 4.